The molecule has 334 valence electrons. The average Bonchev–Trinajstić information content (AvgIpc) is 3.30. The van der Waals surface area contributed by atoms with E-state index in [9.17, 15) is 24.5 Å². The second-order valence-corrected chi connectivity index (χ2v) is 16.5. The van der Waals surface area contributed by atoms with E-state index in [0.717, 1.165) is 47.9 Å². The fraction of sp³-hybridized carbons (Fsp3) is 0.412. The molecule has 3 aliphatic rings. The van der Waals surface area contributed by atoms with E-state index in [2.05, 4.69) is 12.7 Å². The summed E-state index contributed by atoms with van der Waals surface area (Å²) >= 11 is 0. The second-order valence-electron chi connectivity index (χ2n) is 16.5. The van der Waals surface area contributed by atoms with E-state index in [-0.39, 0.29) is 76.1 Å². The van der Waals surface area contributed by atoms with Gasteiger partial charge in [0.25, 0.3) is 0 Å². The largest absolute Gasteiger partial charge is 0.508 e. The molecule has 6 unspecified atom stereocenters. The van der Waals surface area contributed by atoms with Crippen molar-refractivity contribution in [1.29, 1.82) is 0 Å². The Hall–Kier alpha value is -5.53. The number of oxime groups is 1. The smallest absolute Gasteiger partial charge is 0.410 e. The molecule has 0 spiro atoms. The van der Waals surface area contributed by atoms with Crippen molar-refractivity contribution < 1.29 is 48.3 Å². The number of amides is 1. The molecule has 0 saturated heterocycles. The van der Waals surface area contributed by atoms with Gasteiger partial charge in [0.2, 0.25) is 5.79 Å². The van der Waals surface area contributed by atoms with Gasteiger partial charge in [-0.25, -0.2) is 9.18 Å². The number of allylic oxidation sites excluding steroid dienone is 1. The highest BCUT2D eigenvalue weighted by Crippen LogP contribution is 2.62. The van der Waals surface area contributed by atoms with E-state index in [1.807, 2.05) is 60.7 Å². The normalized spacial score (nSPS) is 22.9. The molecule has 7 rings (SSSR count). The van der Waals surface area contributed by atoms with E-state index in [4.69, 9.17) is 28.9 Å². The minimum atomic E-state index is -1.55. The van der Waals surface area contributed by atoms with Gasteiger partial charge >= 0.3 is 6.09 Å². The fourth-order valence-electron chi connectivity index (χ4n) is 9.54. The number of nitrogens with zero attached hydrogens (tertiary/aromatic N) is 2. The highest BCUT2D eigenvalue weighted by atomic mass is 19.1. The summed E-state index contributed by atoms with van der Waals surface area (Å²) in [7, 11) is 0. The summed E-state index contributed by atoms with van der Waals surface area (Å²) in [4.78, 5) is 22.6. The highest BCUT2D eigenvalue weighted by Gasteiger charge is 2.65. The lowest BCUT2D eigenvalue weighted by molar-refractivity contribution is -0.256. The third-order valence-corrected chi connectivity index (χ3v) is 12.3. The van der Waals surface area contributed by atoms with Crippen LogP contribution in [0.3, 0.4) is 0 Å². The summed E-state index contributed by atoms with van der Waals surface area (Å²) in [6, 6.07) is 29.7. The van der Waals surface area contributed by atoms with Crippen LogP contribution in [-0.4, -0.2) is 76.9 Å². The molecular weight excluding hydrogens is 804 g/mol. The predicted molar refractivity (Wildman–Crippen MR) is 237 cm³/mol. The van der Waals surface area contributed by atoms with Crippen molar-refractivity contribution in [3.8, 4) is 11.5 Å². The maximum absolute atomic E-state index is 14.8. The number of carbonyl (C=O) groups excluding carboxylic acids is 1. The van der Waals surface area contributed by atoms with Gasteiger partial charge in [-0.15, -0.1) is 6.58 Å². The van der Waals surface area contributed by atoms with Crippen LogP contribution in [0.1, 0.15) is 73.1 Å². The van der Waals surface area contributed by atoms with Crippen LogP contribution < -0.4 is 4.74 Å². The zero-order chi connectivity index (χ0) is 44.0. The molecule has 4 aromatic carbocycles. The molecule has 1 amide bonds. The Kier molecular flexibility index (Phi) is 16.0. The molecule has 1 fully saturated rings. The van der Waals surface area contributed by atoms with Gasteiger partial charge in [-0.1, -0.05) is 103 Å². The molecule has 1 aliphatic heterocycles. The molecule has 1 heterocycles. The Bertz CT molecular complexity index is 2150. The van der Waals surface area contributed by atoms with Crippen molar-refractivity contribution in [1.82, 2.24) is 4.90 Å². The standard InChI is InChI=1S/C51H59FN2O9/c1-2-27-61-51-47(54(33-36-19-21-40(52)22-20-36)50(58)60-29-28-59-34-37-13-5-3-6-14-37)32-45(53-62-35-38-15-7-4-8-16-38)43-30-39(17-9-11-25-55)42(18-10-12-26-56)48(49(43)51)44-31-41(57)23-24-46(44)63-51/h2-8,13-16,19-24,30-31,39,42,47-49,55-57H,1,9-12,17-18,25-29,32-35H2. The topological polar surface area (TPSA) is 140 Å². The maximum Gasteiger partial charge on any atom is 0.410 e. The number of unbranched alkanes of at least 4 members (excludes halogenated alkanes) is 2. The summed E-state index contributed by atoms with van der Waals surface area (Å²) < 4.78 is 40.5. The molecule has 12 heteroatoms. The summed E-state index contributed by atoms with van der Waals surface area (Å²) in [5.41, 5.74) is 4.85. The van der Waals surface area contributed by atoms with Crippen molar-refractivity contribution in [2.24, 2.45) is 22.9 Å². The number of aliphatic hydroxyl groups excluding tert-OH is 2. The third-order valence-electron chi connectivity index (χ3n) is 12.3. The zero-order valence-electron chi connectivity index (χ0n) is 35.7. The fourth-order valence-corrected chi connectivity index (χ4v) is 9.54. The first-order chi connectivity index (χ1) is 30.8. The Labute approximate surface area is 369 Å². The highest BCUT2D eigenvalue weighted by molar-refractivity contribution is 6.03. The Morgan fingerprint density at radius 1 is 0.873 bits per heavy atom. The molecule has 0 radical (unpaired) electrons. The van der Waals surface area contributed by atoms with Crippen LogP contribution in [0, 0.1) is 23.6 Å². The second kappa shape index (κ2) is 22.2. The number of carbonyl (C=O) groups is 1. The van der Waals surface area contributed by atoms with Crippen LogP contribution in [0.4, 0.5) is 9.18 Å². The molecule has 11 nitrogen and oxygen atoms in total. The van der Waals surface area contributed by atoms with Crippen molar-refractivity contribution >= 4 is 11.8 Å². The summed E-state index contributed by atoms with van der Waals surface area (Å²) in [6.45, 7) is 4.87. The van der Waals surface area contributed by atoms with Crippen LogP contribution in [-0.2, 0) is 38.8 Å². The van der Waals surface area contributed by atoms with E-state index in [0.29, 0.717) is 36.5 Å². The number of aliphatic hydroxyl groups is 2. The number of ether oxygens (including phenoxy) is 4. The van der Waals surface area contributed by atoms with Gasteiger partial charge in [-0.05, 0) is 90.1 Å². The van der Waals surface area contributed by atoms with Crippen LogP contribution in [0.15, 0.2) is 133 Å². The summed E-state index contributed by atoms with van der Waals surface area (Å²) in [5.74, 6) is -2.28. The number of halogens is 1. The van der Waals surface area contributed by atoms with Crippen LogP contribution in [0.5, 0.6) is 11.5 Å². The molecular formula is C51H59FN2O9. The monoisotopic (exact) mass is 862 g/mol. The van der Waals surface area contributed by atoms with Crippen LogP contribution in [0.25, 0.3) is 0 Å². The molecule has 0 aromatic heterocycles. The maximum atomic E-state index is 14.8. The minimum Gasteiger partial charge on any atom is -0.508 e. The van der Waals surface area contributed by atoms with Gasteiger partial charge in [0.1, 0.15) is 36.6 Å². The van der Waals surface area contributed by atoms with Gasteiger partial charge < -0.3 is 39.1 Å². The first kappa shape index (κ1) is 45.5. The van der Waals surface area contributed by atoms with E-state index < -0.39 is 29.7 Å². The van der Waals surface area contributed by atoms with E-state index in [1.54, 1.807) is 41.3 Å². The predicted octanol–water partition coefficient (Wildman–Crippen LogP) is 9.22. The van der Waals surface area contributed by atoms with Crippen molar-refractivity contribution in [2.75, 3.05) is 33.0 Å². The lowest BCUT2D eigenvalue weighted by atomic mass is 9.55. The molecule has 1 saturated carbocycles. The Balaban J connectivity index is 1.36. The molecule has 63 heavy (non-hydrogen) atoms. The number of fused-ring (bicyclic) bond motifs is 2. The minimum absolute atomic E-state index is 0.0119. The van der Waals surface area contributed by atoms with Crippen molar-refractivity contribution in [3.63, 3.8) is 0 Å². The Morgan fingerprint density at radius 3 is 2.27 bits per heavy atom. The SMILES string of the molecule is C=CCOC12Oc3ccc(O)cc3C3C(CCCCO)C(CCCCO)C=C(C(=NOCc4ccccc4)CC1N(Cc1ccc(F)cc1)C(=O)OCCOCc1ccccc1)C32. The quantitative estimate of drug-likeness (QED) is 0.0401. The first-order valence-corrected chi connectivity index (χ1v) is 22.1. The van der Waals surface area contributed by atoms with Crippen molar-refractivity contribution in [3.05, 3.63) is 156 Å². The zero-order valence-corrected chi connectivity index (χ0v) is 35.7. The van der Waals surface area contributed by atoms with Gasteiger partial charge in [-0.2, -0.15) is 0 Å². The molecule has 4 aromatic rings. The number of phenols is 1. The van der Waals surface area contributed by atoms with Crippen LogP contribution >= 0.6 is 0 Å². The van der Waals surface area contributed by atoms with Crippen LogP contribution in [0.2, 0.25) is 0 Å². The third kappa shape index (κ3) is 11.0. The van der Waals surface area contributed by atoms with Gasteiger partial charge in [0.15, 0.2) is 0 Å². The molecule has 6 atom stereocenters. The lowest BCUT2D eigenvalue weighted by Crippen LogP contribution is -2.70. The number of benzene rings is 4. The summed E-state index contributed by atoms with van der Waals surface area (Å²) in [6.07, 6.45) is 7.71. The van der Waals surface area contributed by atoms with Crippen molar-refractivity contribution in [2.45, 2.75) is 82.5 Å². The number of hydrogen-bond acceptors (Lipinski definition) is 10. The van der Waals surface area contributed by atoms with Gasteiger partial charge in [0.05, 0.1) is 31.5 Å². The molecule has 0 bridgehead atoms. The average molecular weight is 863 g/mol. The van der Waals surface area contributed by atoms with E-state index in [1.165, 1.54) is 12.1 Å². The molecule has 3 N–H and O–H groups in total. The number of phenolic OH excluding ortho intramolecular Hbond substituents is 1. The number of hydrogen-bond donors (Lipinski definition) is 3. The Morgan fingerprint density at radius 2 is 1.57 bits per heavy atom. The van der Waals surface area contributed by atoms with E-state index >= 15 is 0 Å². The molecule has 2 aliphatic carbocycles. The number of aromatic hydroxyl groups is 1. The first-order valence-electron chi connectivity index (χ1n) is 22.1. The number of rotatable bonds is 22. The van der Waals surface area contributed by atoms with Gasteiger partial charge in [0, 0.05) is 37.7 Å². The lowest BCUT2D eigenvalue weighted by Gasteiger charge is -2.59. The summed E-state index contributed by atoms with van der Waals surface area (Å²) in [5, 5.41) is 35.7. The van der Waals surface area contributed by atoms with Gasteiger partial charge in [-0.3, -0.25) is 4.90 Å².